The third-order valence-electron chi connectivity index (χ3n) is 14.5. The molecule has 1 heterocycles. The number of thiophene rings is 1. The quantitative estimate of drug-likeness (QED) is 0.170. The van der Waals surface area contributed by atoms with Crippen molar-refractivity contribution in [2.45, 2.75) is 138 Å². The van der Waals surface area contributed by atoms with Crippen LogP contribution in [0.5, 0.6) is 0 Å². The van der Waals surface area contributed by atoms with E-state index < -0.39 is 0 Å². The summed E-state index contributed by atoms with van der Waals surface area (Å²) in [4.78, 5) is 2.70. The Labute approximate surface area is 319 Å². The van der Waals surface area contributed by atoms with E-state index in [2.05, 4.69) is 143 Å². The fraction of sp³-hybridized carbons (Fsp3) is 0.400. The Morgan fingerprint density at radius 1 is 0.283 bits per heavy atom. The minimum Gasteiger partial charge on any atom is -0.0429 e. The van der Waals surface area contributed by atoms with Crippen molar-refractivity contribution >= 4 is 54.6 Å². The molecule has 1 aromatic heterocycles. The first kappa shape index (κ1) is 37.9. The number of fused-ring (bicyclic) bond motifs is 3. The number of anilines is 3. The van der Waals surface area contributed by atoms with Gasteiger partial charge in [-0.25, -0.2) is 0 Å². The summed E-state index contributed by atoms with van der Waals surface area (Å²) in [5.74, 6) is 0. The maximum atomic E-state index is 2.70. The Bertz CT molecular complexity index is 2450. The van der Waals surface area contributed by atoms with Crippen LogP contribution in [0.15, 0.2) is 0 Å². The van der Waals surface area contributed by atoms with E-state index in [1.165, 1.54) is 160 Å². The Morgan fingerprint density at radius 3 is 0.925 bits per heavy atom. The number of aryl methyl sites for hydroxylation is 4. The van der Waals surface area contributed by atoms with Gasteiger partial charge in [0.1, 0.15) is 0 Å². The van der Waals surface area contributed by atoms with Crippen LogP contribution < -0.4 is 11.0 Å². The summed E-state index contributed by atoms with van der Waals surface area (Å²) in [6, 6.07) is 1.64. The first-order valence-corrected chi connectivity index (χ1v) is 23.4. The molecular formula is C50H60NRfS. The van der Waals surface area contributed by atoms with E-state index >= 15 is 0 Å². The van der Waals surface area contributed by atoms with Crippen molar-refractivity contribution in [2.75, 3.05) is 4.90 Å². The maximum Gasteiger partial charge on any atom is -0.0235 e. The van der Waals surface area contributed by atoms with Crippen LogP contribution in [0, 0.1) is 138 Å². The van der Waals surface area contributed by atoms with Crippen molar-refractivity contribution < 1.29 is 0 Å². The molecule has 5 aromatic carbocycles. The summed E-state index contributed by atoms with van der Waals surface area (Å²) in [6.45, 7) is 47.1. The van der Waals surface area contributed by atoms with Crippen molar-refractivity contribution in [3.8, 4) is 11.1 Å². The number of hydrogen-bond donors (Lipinski definition) is 0. The normalized spacial score (nSPS) is 11.9. The van der Waals surface area contributed by atoms with Crippen LogP contribution in [0.4, 0.5) is 17.1 Å². The molecule has 0 radical (unpaired) electrons. The van der Waals surface area contributed by atoms with Gasteiger partial charge in [0, 0.05) is 0 Å². The molecule has 1 nitrogen and oxygen atoms in total. The average molecular weight is 974 g/mol. The molecule has 6 aromatic rings. The Morgan fingerprint density at radius 2 is 0.547 bits per heavy atom. The van der Waals surface area contributed by atoms with Crippen molar-refractivity contribution in [3.63, 3.8) is 0 Å². The van der Waals surface area contributed by atoms with Gasteiger partial charge < -0.3 is 0 Å². The molecule has 0 aliphatic carbocycles. The smallest absolute Gasteiger partial charge is 0.0235 e. The molecule has 0 saturated carbocycles. The summed E-state index contributed by atoms with van der Waals surface area (Å²) in [5.41, 5.74) is 35.1. The molecule has 53 heavy (non-hydrogen) atoms. The monoisotopic (exact) mass is 974 g/mol. The Kier molecular flexibility index (Phi) is 9.02. The fourth-order valence-corrected chi connectivity index (χ4v) is 13.7. The van der Waals surface area contributed by atoms with E-state index in [-0.39, 0.29) is 0 Å². The van der Waals surface area contributed by atoms with Gasteiger partial charge in [0.25, 0.3) is 0 Å². The molecule has 6 rings (SSSR count). The summed E-state index contributed by atoms with van der Waals surface area (Å²) in [6.07, 6.45) is 0. The van der Waals surface area contributed by atoms with E-state index in [0.717, 1.165) is 0 Å². The summed E-state index contributed by atoms with van der Waals surface area (Å²) in [5, 5.41) is 2.99. The van der Waals surface area contributed by atoms with Gasteiger partial charge in [-0.1, -0.05) is 0 Å². The third-order valence-corrected chi connectivity index (χ3v) is 20.8. The van der Waals surface area contributed by atoms with Crippen molar-refractivity contribution in [3.05, 3.63) is 111 Å². The predicted molar refractivity (Wildman–Crippen MR) is 234 cm³/mol. The molecule has 0 fully saturated rings. The molecular weight excluding hydrogens is 914 g/mol. The van der Waals surface area contributed by atoms with Gasteiger partial charge in [-0.15, -0.1) is 0 Å². The molecule has 3 heteroatoms. The topological polar surface area (TPSA) is 3.24 Å². The SMILES string of the molecule is Cc1c(C)c(C)c(N(c2c(C)c(C)c(C)c(C)c2C)c2c(C)c(C)c(-c3c(C)c(C)c4c(sc5c(C)[c]([Rf])c(C)c(C)c54)c3C)c(C)c2C)c(C)c1C. The molecule has 0 spiro atoms. The summed E-state index contributed by atoms with van der Waals surface area (Å²) < 4.78 is 3.44. The fourth-order valence-electron chi connectivity index (χ4n) is 9.62. The van der Waals surface area contributed by atoms with E-state index in [1.807, 2.05) is 11.3 Å². The molecule has 0 aliphatic heterocycles. The van der Waals surface area contributed by atoms with Crippen LogP contribution in [0.1, 0.15) is 111 Å². The Hall–Kier alpha value is -4.88. The van der Waals surface area contributed by atoms with E-state index in [0.29, 0.717) is 0 Å². The minimum atomic E-state index is 0.463. The largest absolute Gasteiger partial charge is 0.0429 e. The van der Waals surface area contributed by atoms with Crippen LogP contribution in [0.2, 0.25) is 0 Å². The van der Waals surface area contributed by atoms with Gasteiger partial charge in [0.2, 0.25) is 0 Å². The van der Waals surface area contributed by atoms with Crippen molar-refractivity contribution in [1.29, 1.82) is 0 Å². The molecule has 0 atom stereocenters. The maximum absolute atomic E-state index is 2.70. The Balaban J connectivity index is 1.77. The second-order valence-corrected chi connectivity index (χ2v) is 20.8. The standard InChI is InChI=1S/C50H60NS.Rf/c1-22-21-23(2)49-44(24(22)3)45-32(11)31(10)43(41(20)50(45)52-49)42-33(12)39(18)48(40(19)34(42)13)51(46-35(14)27(6)25(4)28(7)36(46)15)47-37(16)29(8)26(5)30(9)38(47)17;/h1-20H3;. The van der Waals surface area contributed by atoms with Gasteiger partial charge in [-0.3, -0.25) is 0 Å². The van der Waals surface area contributed by atoms with E-state index in [4.69, 9.17) is 0 Å². The van der Waals surface area contributed by atoms with Crippen LogP contribution >= 0.6 is 11.3 Å². The van der Waals surface area contributed by atoms with Crippen LogP contribution in [0.25, 0.3) is 31.3 Å². The van der Waals surface area contributed by atoms with Gasteiger partial charge in [-0.2, -0.15) is 0 Å². The number of benzene rings is 5. The van der Waals surface area contributed by atoms with E-state index in [9.17, 15) is 0 Å². The van der Waals surface area contributed by atoms with Gasteiger partial charge in [-0.05, 0) is 125 Å². The molecule has 273 valence electrons. The summed E-state index contributed by atoms with van der Waals surface area (Å²) >= 11 is 2.05. The number of rotatable bonds is 4. The van der Waals surface area contributed by atoms with Crippen molar-refractivity contribution in [2.24, 2.45) is 0 Å². The second kappa shape index (κ2) is 12.6. The van der Waals surface area contributed by atoms with Gasteiger partial charge >= 0.3 is 184 Å². The third kappa shape index (κ3) is 4.96. The number of nitrogens with zero attached hydrogens (tertiary/aromatic N) is 1. The molecule has 0 amide bonds. The zero-order valence-electron chi connectivity index (χ0n) is 36.6. The van der Waals surface area contributed by atoms with Gasteiger partial charge in [0.05, 0.1) is 11.4 Å². The van der Waals surface area contributed by atoms with Crippen molar-refractivity contribution in [1.82, 2.24) is 0 Å². The first-order chi connectivity index (χ1) is 24.6. The number of hydrogen-bond acceptors (Lipinski definition) is 2. The zero-order chi connectivity index (χ0) is 39.6. The second-order valence-electron chi connectivity index (χ2n) is 16.6. The van der Waals surface area contributed by atoms with Crippen LogP contribution in [0.3, 0.4) is 0 Å². The van der Waals surface area contributed by atoms with Crippen LogP contribution in [-0.2, 0) is 0 Å². The average Bonchev–Trinajstić information content (AvgIpc) is 3.54. The first-order valence-electron chi connectivity index (χ1n) is 19.4. The van der Waals surface area contributed by atoms with Crippen LogP contribution in [-0.4, -0.2) is 0 Å². The molecule has 0 N–H and O–H groups in total. The van der Waals surface area contributed by atoms with E-state index in [1.54, 1.807) is 6.07 Å². The minimum absolute atomic E-state index is 0.463. The zero-order valence-corrected chi connectivity index (χ0v) is 43.8. The molecule has 0 saturated heterocycles. The van der Waals surface area contributed by atoms with Gasteiger partial charge in [0.15, 0.2) is 0 Å². The molecule has 0 unspecified atom stereocenters. The summed E-state index contributed by atoms with van der Waals surface area (Å²) in [7, 11) is 0. The predicted octanol–water partition coefficient (Wildman–Crippen LogP) is 14.5. The molecule has 0 bridgehead atoms. The molecule has 0 aliphatic rings.